The molecular formula is C49H39N. The smallest absolute Gasteiger partial charge is 0.0468 e. The Bertz CT molecular complexity index is 2430. The number of anilines is 3. The van der Waals surface area contributed by atoms with E-state index in [9.17, 15) is 0 Å². The van der Waals surface area contributed by atoms with E-state index >= 15 is 0 Å². The van der Waals surface area contributed by atoms with Crippen molar-refractivity contribution in [1.29, 1.82) is 0 Å². The molecule has 0 radical (unpaired) electrons. The van der Waals surface area contributed by atoms with Gasteiger partial charge in [-0.1, -0.05) is 153 Å². The molecule has 0 N–H and O–H groups in total. The maximum Gasteiger partial charge on any atom is 0.0468 e. The van der Waals surface area contributed by atoms with Crippen molar-refractivity contribution in [3.8, 4) is 33.4 Å². The highest BCUT2D eigenvalue weighted by molar-refractivity contribution is 5.94. The average molecular weight is 642 g/mol. The van der Waals surface area contributed by atoms with E-state index in [0.29, 0.717) is 5.92 Å². The van der Waals surface area contributed by atoms with Gasteiger partial charge in [0.2, 0.25) is 0 Å². The summed E-state index contributed by atoms with van der Waals surface area (Å²) in [6, 6.07) is 58.4. The zero-order valence-electron chi connectivity index (χ0n) is 28.6. The molecule has 0 spiro atoms. The standard InChI is InChI=1S/C49H39N/c1-49(2)47-20-12-11-19-44(47)45-30-28-42(33-48(45)49)50(40-25-23-36(24-26-40)34-13-5-3-6-14-34)41-27-29-43(37-16-7-4-8-17-37)46(32-41)39-22-21-35-15-9-10-18-38(35)31-39/h3-13,15-34H,14H2,1-2H3. The van der Waals surface area contributed by atoms with Crippen LogP contribution in [0.25, 0.3) is 44.2 Å². The number of rotatable bonds is 6. The SMILES string of the molecule is CC1(C)c2ccccc2-c2ccc(N(c3ccc(C4C=CC=CC4)cc3)c3ccc(-c4ccccc4)c(-c4ccc5ccccc5c4)c3)cc21. The molecule has 0 bridgehead atoms. The molecule has 0 aromatic heterocycles. The van der Waals surface area contributed by atoms with Crippen LogP contribution in [0.5, 0.6) is 0 Å². The fourth-order valence-corrected chi connectivity index (χ4v) is 8.11. The zero-order chi connectivity index (χ0) is 33.7. The van der Waals surface area contributed by atoms with Gasteiger partial charge in [-0.15, -0.1) is 0 Å². The molecule has 9 rings (SSSR count). The van der Waals surface area contributed by atoms with Gasteiger partial charge in [0, 0.05) is 28.4 Å². The van der Waals surface area contributed by atoms with E-state index in [4.69, 9.17) is 0 Å². The Labute approximate surface area is 295 Å². The third kappa shape index (κ3) is 5.18. The van der Waals surface area contributed by atoms with Gasteiger partial charge in [-0.3, -0.25) is 0 Å². The summed E-state index contributed by atoms with van der Waals surface area (Å²) in [5.74, 6) is 0.409. The third-order valence-electron chi connectivity index (χ3n) is 10.8. The van der Waals surface area contributed by atoms with Crippen LogP contribution in [0.1, 0.15) is 42.9 Å². The molecule has 1 nitrogen and oxygen atoms in total. The molecule has 7 aromatic rings. The van der Waals surface area contributed by atoms with Crippen molar-refractivity contribution in [2.24, 2.45) is 0 Å². The zero-order valence-corrected chi connectivity index (χ0v) is 28.6. The van der Waals surface area contributed by atoms with Crippen molar-refractivity contribution < 1.29 is 0 Å². The summed E-state index contributed by atoms with van der Waals surface area (Å²) in [4.78, 5) is 2.44. The number of nitrogens with zero attached hydrogens (tertiary/aromatic N) is 1. The van der Waals surface area contributed by atoms with Crippen LogP contribution in [0, 0.1) is 0 Å². The van der Waals surface area contributed by atoms with Crippen LogP contribution in [0.15, 0.2) is 182 Å². The van der Waals surface area contributed by atoms with Gasteiger partial charge in [0.15, 0.2) is 0 Å². The molecule has 0 aliphatic heterocycles. The molecular weight excluding hydrogens is 603 g/mol. The molecule has 0 saturated heterocycles. The Morgan fingerprint density at radius 2 is 1.16 bits per heavy atom. The van der Waals surface area contributed by atoms with E-state index in [-0.39, 0.29) is 5.41 Å². The van der Waals surface area contributed by atoms with Gasteiger partial charge in [-0.25, -0.2) is 0 Å². The van der Waals surface area contributed by atoms with Crippen molar-refractivity contribution in [2.45, 2.75) is 31.6 Å². The van der Waals surface area contributed by atoms with E-state index < -0.39 is 0 Å². The molecule has 0 fully saturated rings. The fourth-order valence-electron chi connectivity index (χ4n) is 8.11. The summed E-state index contributed by atoms with van der Waals surface area (Å²) in [6.07, 6.45) is 9.92. The number of fused-ring (bicyclic) bond motifs is 4. The van der Waals surface area contributed by atoms with Gasteiger partial charge in [-0.05, 0) is 110 Å². The van der Waals surface area contributed by atoms with Crippen molar-refractivity contribution in [1.82, 2.24) is 0 Å². The lowest BCUT2D eigenvalue weighted by Crippen LogP contribution is -2.16. The van der Waals surface area contributed by atoms with Crippen LogP contribution >= 0.6 is 0 Å². The second kappa shape index (κ2) is 12.2. The van der Waals surface area contributed by atoms with E-state index in [1.54, 1.807) is 0 Å². The van der Waals surface area contributed by atoms with Crippen LogP contribution in [0.4, 0.5) is 17.1 Å². The Morgan fingerprint density at radius 3 is 1.96 bits per heavy atom. The van der Waals surface area contributed by atoms with E-state index in [1.165, 1.54) is 60.8 Å². The lowest BCUT2D eigenvalue weighted by molar-refractivity contribution is 0.660. The highest BCUT2D eigenvalue weighted by Crippen LogP contribution is 2.51. The molecule has 1 atom stereocenters. The van der Waals surface area contributed by atoms with Crippen LogP contribution in [0.3, 0.4) is 0 Å². The summed E-state index contributed by atoms with van der Waals surface area (Å²) in [5, 5.41) is 2.49. The second-order valence-corrected chi connectivity index (χ2v) is 14.1. The van der Waals surface area contributed by atoms with Crippen molar-refractivity contribution in [3.63, 3.8) is 0 Å². The maximum atomic E-state index is 2.44. The van der Waals surface area contributed by atoms with Gasteiger partial charge < -0.3 is 4.90 Å². The van der Waals surface area contributed by atoms with Crippen molar-refractivity contribution >= 4 is 27.8 Å². The molecule has 0 amide bonds. The van der Waals surface area contributed by atoms with Crippen LogP contribution in [-0.4, -0.2) is 0 Å². The summed E-state index contributed by atoms with van der Waals surface area (Å²) in [7, 11) is 0. The topological polar surface area (TPSA) is 3.24 Å². The van der Waals surface area contributed by atoms with Crippen molar-refractivity contribution in [2.75, 3.05) is 4.90 Å². The van der Waals surface area contributed by atoms with E-state index in [0.717, 1.165) is 23.5 Å². The Hall–Kier alpha value is -5.92. The normalized spacial score (nSPS) is 15.5. The van der Waals surface area contributed by atoms with Gasteiger partial charge in [0.1, 0.15) is 0 Å². The van der Waals surface area contributed by atoms with Gasteiger partial charge >= 0.3 is 0 Å². The molecule has 1 heteroatoms. The molecule has 2 aliphatic carbocycles. The van der Waals surface area contributed by atoms with Gasteiger partial charge in [-0.2, -0.15) is 0 Å². The van der Waals surface area contributed by atoms with E-state index in [2.05, 4.69) is 201 Å². The first-order chi connectivity index (χ1) is 24.5. The Balaban J connectivity index is 1.23. The minimum absolute atomic E-state index is 0.0915. The molecule has 1 unspecified atom stereocenters. The average Bonchev–Trinajstić information content (AvgIpc) is 3.41. The monoisotopic (exact) mass is 641 g/mol. The number of hydrogen-bond donors (Lipinski definition) is 0. The summed E-state index contributed by atoms with van der Waals surface area (Å²) < 4.78 is 0. The summed E-state index contributed by atoms with van der Waals surface area (Å²) in [5.41, 5.74) is 15.0. The Morgan fingerprint density at radius 1 is 0.480 bits per heavy atom. The van der Waals surface area contributed by atoms with Gasteiger partial charge in [0.25, 0.3) is 0 Å². The lowest BCUT2D eigenvalue weighted by Gasteiger charge is -2.29. The largest absolute Gasteiger partial charge is 0.310 e. The minimum atomic E-state index is -0.0915. The van der Waals surface area contributed by atoms with Crippen LogP contribution < -0.4 is 4.90 Å². The summed E-state index contributed by atoms with van der Waals surface area (Å²) in [6.45, 7) is 4.72. The lowest BCUT2D eigenvalue weighted by atomic mass is 9.82. The predicted molar refractivity (Wildman–Crippen MR) is 213 cm³/mol. The second-order valence-electron chi connectivity index (χ2n) is 14.1. The van der Waals surface area contributed by atoms with E-state index in [1.807, 2.05) is 0 Å². The van der Waals surface area contributed by atoms with Crippen LogP contribution in [0.2, 0.25) is 0 Å². The summed E-state index contributed by atoms with van der Waals surface area (Å²) >= 11 is 0. The minimum Gasteiger partial charge on any atom is -0.310 e. The molecule has 7 aromatic carbocycles. The highest BCUT2D eigenvalue weighted by Gasteiger charge is 2.35. The maximum absolute atomic E-state index is 2.44. The number of allylic oxidation sites excluding steroid dienone is 4. The van der Waals surface area contributed by atoms with Crippen LogP contribution in [-0.2, 0) is 5.41 Å². The highest BCUT2D eigenvalue weighted by atomic mass is 15.1. The number of hydrogen-bond acceptors (Lipinski definition) is 1. The number of benzene rings is 7. The molecule has 50 heavy (non-hydrogen) atoms. The molecule has 0 heterocycles. The van der Waals surface area contributed by atoms with Crippen molar-refractivity contribution in [3.05, 3.63) is 199 Å². The quantitative estimate of drug-likeness (QED) is 0.175. The first kappa shape index (κ1) is 30.2. The Kier molecular flexibility index (Phi) is 7.36. The third-order valence-corrected chi connectivity index (χ3v) is 10.8. The molecule has 2 aliphatic rings. The molecule has 240 valence electrons. The molecule has 0 saturated carbocycles. The van der Waals surface area contributed by atoms with Gasteiger partial charge in [0.05, 0.1) is 0 Å². The first-order valence-corrected chi connectivity index (χ1v) is 17.7. The fraction of sp³-hybridized carbons (Fsp3) is 0.102. The first-order valence-electron chi connectivity index (χ1n) is 17.7. The predicted octanol–water partition coefficient (Wildman–Crippen LogP) is 13.5.